The minimum atomic E-state index is -5.66. The summed E-state index contributed by atoms with van der Waals surface area (Å²) >= 11 is 0. The van der Waals surface area contributed by atoms with Gasteiger partial charge in [0.1, 0.15) is 11.9 Å². The number of likely N-dealkylation sites (tertiary alicyclic amines) is 1. The fourth-order valence-electron chi connectivity index (χ4n) is 8.40. The molecule has 5 N–H and O–H groups in total. The molecule has 2 heterocycles. The Labute approximate surface area is 501 Å². The smallest absolute Gasteiger partial charge is 0.313 e. The van der Waals surface area contributed by atoms with E-state index in [2.05, 4.69) is 15.0 Å². The van der Waals surface area contributed by atoms with Crippen molar-refractivity contribution in [1.82, 2.24) is 15.3 Å². The molecule has 484 valence electrons. The van der Waals surface area contributed by atoms with Crippen molar-refractivity contribution < 1.29 is 112 Å². The van der Waals surface area contributed by atoms with Crippen LogP contribution in [0.1, 0.15) is 55.5 Å². The summed E-state index contributed by atoms with van der Waals surface area (Å²) in [6, 6.07) is 11.6. The van der Waals surface area contributed by atoms with Crippen LogP contribution in [0.25, 0.3) is 17.2 Å². The molecule has 2 aliphatic heterocycles. The SMILES string of the molecule is CCCN(OCC)C(=O)C1=Cc2ccc(-c3ccc(C(=O)N4CC[C@@H](O)[C@H]4C(=O)NCCOCCOCCOCCOCCOCCOCCOCCOCCOCCOCCC(=O)Oc4c(F)c(F)c(S(=O)(=O)O)c(F)c4F)cc3)cc2N=C(N)C1. The van der Waals surface area contributed by atoms with Gasteiger partial charge in [0.2, 0.25) is 23.3 Å². The number of aliphatic imine (C=N–C) groups is 1. The Bertz CT molecular complexity index is 2800. The second kappa shape index (κ2) is 39.0. The van der Waals surface area contributed by atoms with Crippen molar-refractivity contribution in [2.45, 2.75) is 56.6 Å². The molecule has 5 rings (SSSR count). The molecule has 0 aliphatic carbocycles. The van der Waals surface area contributed by atoms with Gasteiger partial charge in [-0.15, -0.1) is 0 Å². The largest absolute Gasteiger partial charge is 0.420 e. The molecule has 0 spiro atoms. The third-order valence-corrected chi connectivity index (χ3v) is 13.4. The molecule has 0 radical (unpaired) electrons. The number of ether oxygens (including phenoxy) is 11. The first kappa shape index (κ1) is 71.7. The zero-order chi connectivity index (χ0) is 63.0. The van der Waals surface area contributed by atoms with Crippen LogP contribution in [0.3, 0.4) is 0 Å². The number of amidine groups is 1. The first-order chi connectivity index (χ1) is 42.0. The number of nitrogens with two attached hydrogens (primary N) is 1. The number of carbonyl (C=O) groups excluding carboxylic acids is 4. The maximum atomic E-state index is 14.0. The summed E-state index contributed by atoms with van der Waals surface area (Å²) in [5.41, 5.74) is 10.1. The summed E-state index contributed by atoms with van der Waals surface area (Å²) in [5, 5.41) is 14.8. The van der Waals surface area contributed by atoms with Gasteiger partial charge in [0.05, 0.1) is 157 Å². The number of benzene rings is 3. The number of carbonyl (C=O) groups is 4. The number of hydrogen-bond donors (Lipinski definition) is 4. The highest BCUT2D eigenvalue weighted by atomic mass is 32.2. The van der Waals surface area contributed by atoms with Crippen molar-refractivity contribution in [3.63, 3.8) is 0 Å². The lowest BCUT2D eigenvalue weighted by Crippen LogP contribution is -2.50. The van der Waals surface area contributed by atoms with Crippen LogP contribution in [-0.4, -0.2) is 228 Å². The number of rotatable bonds is 43. The Morgan fingerprint density at radius 3 is 1.62 bits per heavy atom. The van der Waals surface area contributed by atoms with Gasteiger partial charge in [0, 0.05) is 42.8 Å². The normalized spacial score (nSPS) is 15.0. The lowest BCUT2D eigenvalue weighted by Gasteiger charge is -2.25. The Balaban J connectivity index is 0.777. The Morgan fingerprint density at radius 1 is 0.678 bits per heavy atom. The molecule has 1 saturated heterocycles. The van der Waals surface area contributed by atoms with E-state index in [9.17, 15) is 50.3 Å². The van der Waals surface area contributed by atoms with Crippen LogP contribution in [0.4, 0.5) is 23.2 Å². The first-order valence-electron chi connectivity index (χ1n) is 28.3. The van der Waals surface area contributed by atoms with E-state index in [0.717, 1.165) is 23.1 Å². The van der Waals surface area contributed by atoms with E-state index in [1.807, 2.05) is 32.0 Å². The van der Waals surface area contributed by atoms with Crippen LogP contribution in [0, 0.1) is 23.3 Å². The molecule has 3 aromatic rings. The minimum Gasteiger partial charge on any atom is -0.420 e. The Hall–Kier alpha value is -6.10. The summed E-state index contributed by atoms with van der Waals surface area (Å²) < 4.78 is 145. The second-order valence-corrected chi connectivity index (χ2v) is 20.3. The summed E-state index contributed by atoms with van der Waals surface area (Å²) in [7, 11) is -5.66. The highest BCUT2D eigenvalue weighted by molar-refractivity contribution is 7.85. The van der Waals surface area contributed by atoms with E-state index in [4.69, 9.17) is 62.5 Å². The fraction of sp³-hybridized carbons (Fsp3) is 0.561. The fourth-order valence-corrected chi connectivity index (χ4v) is 9.03. The third-order valence-electron chi connectivity index (χ3n) is 12.6. The van der Waals surface area contributed by atoms with E-state index in [0.29, 0.717) is 122 Å². The van der Waals surface area contributed by atoms with Gasteiger partial charge < -0.3 is 73.2 Å². The van der Waals surface area contributed by atoms with E-state index in [1.165, 1.54) is 9.96 Å². The molecule has 25 nitrogen and oxygen atoms in total. The molecule has 0 saturated carbocycles. The van der Waals surface area contributed by atoms with Gasteiger partial charge in [-0.2, -0.15) is 17.2 Å². The predicted octanol–water partition coefficient (Wildman–Crippen LogP) is 3.98. The lowest BCUT2D eigenvalue weighted by molar-refractivity contribution is -0.180. The van der Waals surface area contributed by atoms with Crippen LogP contribution >= 0.6 is 0 Å². The predicted molar refractivity (Wildman–Crippen MR) is 302 cm³/mol. The van der Waals surface area contributed by atoms with Crippen molar-refractivity contribution in [2.24, 2.45) is 10.7 Å². The molecule has 3 amide bonds. The molecule has 87 heavy (non-hydrogen) atoms. The number of esters is 1. The maximum absolute atomic E-state index is 14.0. The third kappa shape index (κ3) is 24.1. The Kier molecular flexibility index (Phi) is 32.1. The second-order valence-electron chi connectivity index (χ2n) is 19.0. The molecule has 0 unspecified atom stereocenters. The average molecular weight is 1260 g/mol. The van der Waals surface area contributed by atoms with Gasteiger partial charge in [-0.1, -0.05) is 31.2 Å². The molecule has 3 aromatic carbocycles. The number of fused-ring (bicyclic) bond motifs is 1. The van der Waals surface area contributed by atoms with Gasteiger partial charge >= 0.3 is 16.1 Å². The molecule has 2 atom stereocenters. The van der Waals surface area contributed by atoms with Crippen molar-refractivity contribution in [1.29, 1.82) is 0 Å². The summed E-state index contributed by atoms with van der Waals surface area (Å²) in [4.78, 5) is 61.3. The number of nitrogens with one attached hydrogen (secondary N) is 1. The highest BCUT2D eigenvalue weighted by Gasteiger charge is 2.41. The van der Waals surface area contributed by atoms with Gasteiger partial charge in [0.25, 0.3) is 11.8 Å². The van der Waals surface area contributed by atoms with E-state index in [-0.39, 0.29) is 84.0 Å². The molecule has 30 heteroatoms. The lowest BCUT2D eigenvalue weighted by atomic mass is 9.99. The number of amides is 3. The minimum absolute atomic E-state index is 0.00999. The maximum Gasteiger partial charge on any atom is 0.313 e. The van der Waals surface area contributed by atoms with Gasteiger partial charge in [-0.05, 0) is 55.2 Å². The van der Waals surface area contributed by atoms with Gasteiger partial charge in [0.15, 0.2) is 16.5 Å². The number of hydrogen-bond acceptors (Lipinski definition) is 21. The van der Waals surface area contributed by atoms with Crippen molar-refractivity contribution in [3.05, 3.63) is 82.4 Å². The Morgan fingerprint density at radius 2 is 1.15 bits per heavy atom. The summed E-state index contributed by atoms with van der Waals surface area (Å²) in [6.07, 6.45) is 1.34. The van der Waals surface area contributed by atoms with E-state index < -0.39 is 74.5 Å². The van der Waals surface area contributed by atoms with E-state index >= 15 is 0 Å². The average Bonchev–Trinajstić information content (AvgIpc) is 1.45. The first-order valence-corrected chi connectivity index (χ1v) is 29.7. The zero-order valence-electron chi connectivity index (χ0n) is 48.7. The monoisotopic (exact) mass is 1260 g/mol. The number of hydroxylamine groups is 2. The molecule has 0 bridgehead atoms. The van der Waals surface area contributed by atoms with Crippen molar-refractivity contribution in [2.75, 3.05) is 158 Å². The molecule has 1 fully saturated rings. The zero-order valence-corrected chi connectivity index (χ0v) is 49.5. The van der Waals surface area contributed by atoms with Crippen LogP contribution in [0.2, 0.25) is 0 Å². The van der Waals surface area contributed by atoms with Crippen molar-refractivity contribution in [3.8, 4) is 16.9 Å². The number of halogens is 4. The van der Waals surface area contributed by atoms with E-state index in [1.54, 1.807) is 30.3 Å². The number of nitrogens with zero attached hydrogens (tertiary/aromatic N) is 3. The molecular formula is C57H77F4N5O20S. The van der Waals surface area contributed by atoms with Crippen LogP contribution < -0.4 is 15.8 Å². The molecule has 2 aliphatic rings. The number of aliphatic hydroxyl groups is 1. The highest BCUT2D eigenvalue weighted by Crippen LogP contribution is 2.34. The quantitative estimate of drug-likeness (QED) is 0.0118. The standard InChI is InChI=1S/C57H77F4N5O20S/c1-3-14-66(85-4-2)57(71)43-36-42-10-9-41(37-44(42)64-46(62)38-43)39-5-7-40(8-6-39)56(70)65-15-11-45(67)52(65)55(69)63-13-17-76-19-21-78-23-25-80-27-29-82-31-33-84-35-34-83-32-30-81-28-26-79-24-22-77-20-18-75-16-12-47(68)86-53-48(58)50(60)54(87(72,73)74)51(61)49(53)59/h5-10,36-37,45,52,67H,3-4,11-35,38H2,1-2H3,(H2,62,64)(H,63,69)(H,72,73,74)/t45-,52+/m1/s1. The van der Waals surface area contributed by atoms with Crippen LogP contribution in [-0.2, 0) is 76.7 Å². The van der Waals surface area contributed by atoms with Gasteiger partial charge in [-0.25, -0.2) is 18.8 Å². The van der Waals surface area contributed by atoms with Crippen LogP contribution in [0.15, 0.2) is 57.9 Å². The van der Waals surface area contributed by atoms with Gasteiger partial charge in [-0.3, -0.25) is 28.6 Å². The number of aliphatic hydroxyl groups excluding tert-OH is 1. The van der Waals surface area contributed by atoms with Crippen molar-refractivity contribution >= 4 is 51.4 Å². The summed E-state index contributed by atoms with van der Waals surface area (Å²) in [5.74, 6) is -13.5. The molecular weight excluding hydrogens is 1180 g/mol. The summed E-state index contributed by atoms with van der Waals surface area (Å²) in [6.45, 7) is 10.3. The topological polar surface area (TPSA) is 311 Å². The molecule has 0 aromatic heterocycles. The van der Waals surface area contributed by atoms with Crippen LogP contribution in [0.5, 0.6) is 5.75 Å².